The van der Waals surface area contributed by atoms with Gasteiger partial charge in [-0.1, -0.05) is 78.1 Å². The first kappa shape index (κ1) is 28.4. The summed E-state index contributed by atoms with van der Waals surface area (Å²) in [7, 11) is 0. The molecule has 0 spiro atoms. The van der Waals surface area contributed by atoms with E-state index in [-0.39, 0.29) is 18.4 Å². The number of rotatable bonds is 10. The summed E-state index contributed by atoms with van der Waals surface area (Å²) in [5.41, 5.74) is 5.90. The molecule has 2 amide bonds. The van der Waals surface area contributed by atoms with Gasteiger partial charge in [-0.05, 0) is 74.6 Å². The maximum atomic E-state index is 13.1. The molecule has 0 bridgehead atoms. The third-order valence-electron chi connectivity index (χ3n) is 6.21. The molecule has 0 aromatic heterocycles. The summed E-state index contributed by atoms with van der Waals surface area (Å²) < 4.78 is 12.2. The Morgan fingerprint density at radius 2 is 1.72 bits per heavy atom. The van der Waals surface area contributed by atoms with Crippen LogP contribution in [0.5, 0.6) is 11.5 Å². The molecule has 1 heterocycles. The average molecular weight is 561 g/mol. The highest BCUT2D eigenvalue weighted by Crippen LogP contribution is 2.35. The van der Waals surface area contributed by atoms with Gasteiger partial charge in [0, 0.05) is 12.2 Å². The lowest BCUT2D eigenvalue weighted by Crippen LogP contribution is -2.30. The minimum Gasteiger partial charge on any atom is -0.490 e. The number of aryl methyl sites for hydroxylation is 3. The van der Waals surface area contributed by atoms with Gasteiger partial charge < -0.3 is 14.8 Å². The first-order valence-electron chi connectivity index (χ1n) is 12.8. The Kier molecular flexibility index (Phi) is 9.43. The van der Waals surface area contributed by atoms with Gasteiger partial charge in [0.15, 0.2) is 18.1 Å². The molecule has 8 heteroatoms. The maximum Gasteiger partial charge on any atom is 0.266 e. The lowest BCUT2D eigenvalue weighted by molar-refractivity contribution is -0.122. The Morgan fingerprint density at radius 1 is 1.00 bits per heavy atom. The lowest BCUT2D eigenvalue weighted by atomic mass is 10.1. The van der Waals surface area contributed by atoms with Crippen molar-refractivity contribution in [3.05, 3.63) is 93.4 Å². The molecule has 0 saturated carbocycles. The molecule has 39 heavy (non-hydrogen) atoms. The van der Waals surface area contributed by atoms with E-state index in [0.717, 1.165) is 39.9 Å². The third-order valence-corrected chi connectivity index (χ3v) is 7.58. The van der Waals surface area contributed by atoms with Gasteiger partial charge in [-0.25, -0.2) is 0 Å². The number of anilines is 1. The fourth-order valence-corrected chi connectivity index (χ4v) is 5.74. The summed E-state index contributed by atoms with van der Waals surface area (Å²) in [5.74, 6) is 0.603. The minimum atomic E-state index is -0.254. The third kappa shape index (κ3) is 7.28. The fourth-order valence-electron chi connectivity index (χ4n) is 4.43. The first-order chi connectivity index (χ1) is 18.7. The van der Waals surface area contributed by atoms with Crippen LogP contribution >= 0.6 is 24.0 Å². The molecule has 1 saturated heterocycles. The molecule has 4 rings (SSSR count). The van der Waals surface area contributed by atoms with E-state index in [2.05, 4.69) is 5.32 Å². The van der Waals surface area contributed by atoms with Crippen molar-refractivity contribution in [3.8, 4) is 11.5 Å². The summed E-state index contributed by atoms with van der Waals surface area (Å²) in [6.07, 6.45) is 2.54. The number of amides is 2. The molecule has 0 aliphatic carbocycles. The molecule has 6 nitrogen and oxygen atoms in total. The quantitative estimate of drug-likeness (QED) is 0.226. The predicted molar refractivity (Wildman–Crippen MR) is 162 cm³/mol. The van der Waals surface area contributed by atoms with E-state index in [0.29, 0.717) is 33.9 Å². The molecule has 0 atom stereocenters. The van der Waals surface area contributed by atoms with E-state index in [9.17, 15) is 9.59 Å². The highest BCUT2D eigenvalue weighted by atomic mass is 32.2. The molecular weight excluding hydrogens is 528 g/mol. The fraction of sp³-hybridized carbons (Fsp3) is 0.258. The number of hydrogen-bond acceptors (Lipinski definition) is 6. The number of thioether (sulfide) groups is 1. The van der Waals surface area contributed by atoms with Crippen molar-refractivity contribution in [1.29, 1.82) is 0 Å². The van der Waals surface area contributed by atoms with E-state index in [1.165, 1.54) is 11.8 Å². The molecule has 0 unspecified atom stereocenters. The molecule has 0 radical (unpaired) electrons. The monoisotopic (exact) mass is 560 g/mol. The van der Waals surface area contributed by atoms with Crippen LogP contribution in [0.4, 0.5) is 5.69 Å². The normalized spacial score (nSPS) is 14.2. The highest BCUT2D eigenvalue weighted by molar-refractivity contribution is 8.26. The minimum absolute atomic E-state index is 0.0995. The van der Waals surface area contributed by atoms with Crippen LogP contribution < -0.4 is 14.8 Å². The number of nitrogens with one attached hydrogen (secondary N) is 1. The van der Waals surface area contributed by atoms with Crippen LogP contribution in [0.1, 0.15) is 34.7 Å². The van der Waals surface area contributed by atoms with Crippen LogP contribution in [0.3, 0.4) is 0 Å². The predicted octanol–water partition coefficient (Wildman–Crippen LogP) is 6.47. The van der Waals surface area contributed by atoms with Crippen molar-refractivity contribution in [2.75, 3.05) is 25.1 Å². The Hall–Kier alpha value is -3.62. The van der Waals surface area contributed by atoms with Gasteiger partial charge in [0.1, 0.15) is 4.32 Å². The summed E-state index contributed by atoms with van der Waals surface area (Å²) in [6, 6.07) is 19.5. The zero-order chi connectivity index (χ0) is 27.9. The Bertz CT molecular complexity index is 1400. The number of nitrogens with zero attached hydrogens (tertiary/aromatic N) is 1. The Morgan fingerprint density at radius 3 is 2.41 bits per heavy atom. The van der Waals surface area contributed by atoms with Crippen molar-refractivity contribution >= 4 is 51.9 Å². The van der Waals surface area contributed by atoms with Gasteiger partial charge >= 0.3 is 0 Å². The molecule has 1 N–H and O–H groups in total. The largest absolute Gasteiger partial charge is 0.490 e. The number of carbonyl (C=O) groups is 2. The van der Waals surface area contributed by atoms with Gasteiger partial charge in [-0.3, -0.25) is 14.5 Å². The number of thiocarbonyl (C=S) groups is 1. The van der Waals surface area contributed by atoms with E-state index in [1.807, 2.05) is 88.4 Å². The zero-order valence-electron chi connectivity index (χ0n) is 22.6. The van der Waals surface area contributed by atoms with E-state index < -0.39 is 0 Å². The van der Waals surface area contributed by atoms with Crippen molar-refractivity contribution in [1.82, 2.24) is 4.90 Å². The van der Waals surface area contributed by atoms with Crippen LogP contribution in [0.15, 0.2) is 65.6 Å². The van der Waals surface area contributed by atoms with Crippen molar-refractivity contribution < 1.29 is 19.1 Å². The molecule has 1 aliphatic heterocycles. The van der Waals surface area contributed by atoms with Gasteiger partial charge in [0.2, 0.25) is 0 Å². The second-order valence-corrected chi connectivity index (χ2v) is 11.0. The first-order valence-corrected chi connectivity index (χ1v) is 14.0. The van der Waals surface area contributed by atoms with Gasteiger partial charge in [0.05, 0.1) is 11.5 Å². The molecule has 3 aromatic carbocycles. The van der Waals surface area contributed by atoms with Crippen LogP contribution in [-0.4, -0.2) is 40.8 Å². The number of hydrogen-bond donors (Lipinski definition) is 1. The standard InChI is InChI=1S/C31H32N2O4S2/c1-5-36-26-17-24(18-27-30(35)33(31(38)39-27)14-13-23-9-7-6-8-10-23)11-12-25(26)37-19-28(34)32-29-21(3)15-20(2)16-22(29)4/h6-12,15-18H,5,13-14,19H2,1-4H3,(H,32,34)/b27-18-. The highest BCUT2D eigenvalue weighted by Gasteiger charge is 2.31. The SMILES string of the molecule is CCOc1cc(/C=C2\SC(=S)N(CCc3ccccc3)C2=O)ccc1OCC(=O)Nc1c(C)cc(C)cc1C. The van der Waals surface area contributed by atoms with Gasteiger partial charge in [-0.2, -0.15) is 0 Å². The average Bonchev–Trinajstić information content (AvgIpc) is 3.16. The van der Waals surface area contributed by atoms with Crippen molar-refractivity contribution in [3.63, 3.8) is 0 Å². The summed E-state index contributed by atoms with van der Waals surface area (Å²) in [6.45, 7) is 8.65. The van der Waals surface area contributed by atoms with Gasteiger partial charge in [-0.15, -0.1) is 0 Å². The molecule has 3 aromatic rings. The van der Waals surface area contributed by atoms with E-state index in [1.54, 1.807) is 11.0 Å². The number of ether oxygens (including phenoxy) is 2. The van der Waals surface area contributed by atoms with Crippen LogP contribution in [-0.2, 0) is 16.0 Å². The number of benzene rings is 3. The smallest absolute Gasteiger partial charge is 0.266 e. The molecular formula is C31H32N2O4S2. The molecule has 1 aliphatic rings. The summed E-state index contributed by atoms with van der Waals surface area (Å²) in [4.78, 5) is 27.9. The second kappa shape index (κ2) is 13.0. The van der Waals surface area contributed by atoms with Gasteiger partial charge in [0.25, 0.3) is 11.8 Å². The Balaban J connectivity index is 1.42. The van der Waals surface area contributed by atoms with Crippen LogP contribution in [0, 0.1) is 20.8 Å². The lowest BCUT2D eigenvalue weighted by Gasteiger charge is -2.15. The summed E-state index contributed by atoms with van der Waals surface area (Å²) >= 11 is 6.78. The second-order valence-electron chi connectivity index (χ2n) is 9.32. The maximum absolute atomic E-state index is 13.1. The van der Waals surface area contributed by atoms with Crippen LogP contribution in [0.25, 0.3) is 6.08 Å². The number of carbonyl (C=O) groups excluding carboxylic acids is 2. The summed E-state index contributed by atoms with van der Waals surface area (Å²) in [5, 5.41) is 2.95. The Labute approximate surface area is 239 Å². The molecule has 1 fully saturated rings. The van der Waals surface area contributed by atoms with Crippen molar-refractivity contribution in [2.24, 2.45) is 0 Å². The van der Waals surface area contributed by atoms with Crippen molar-refractivity contribution in [2.45, 2.75) is 34.1 Å². The van der Waals surface area contributed by atoms with E-state index >= 15 is 0 Å². The molecule has 202 valence electrons. The van der Waals surface area contributed by atoms with Crippen LogP contribution in [0.2, 0.25) is 0 Å². The zero-order valence-corrected chi connectivity index (χ0v) is 24.2. The topological polar surface area (TPSA) is 67.9 Å². The van der Waals surface area contributed by atoms with E-state index in [4.69, 9.17) is 21.7 Å².